The monoisotopic (exact) mass is 462 g/mol. The molecule has 4 fully saturated rings. The van der Waals surface area contributed by atoms with Crippen molar-refractivity contribution in [3.05, 3.63) is 59.7 Å². The number of oxime groups is 1. The number of nitrogens with zero attached hydrogens (tertiary/aromatic N) is 1. The summed E-state index contributed by atoms with van der Waals surface area (Å²) in [5.41, 5.74) is 2.21. The van der Waals surface area contributed by atoms with Crippen LogP contribution in [0.25, 0.3) is 0 Å². The van der Waals surface area contributed by atoms with Gasteiger partial charge in [0.1, 0.15) is 6.61 Å². The van der Waals surface area contributed by atoms with Crippen LogP contribution in [0.4, 0.5) is 0 Å². The SMILES string of the molecule is COc1ccc(/C=N/OCC(=O)NCC23CC4CC(CC(C4)C2)C3)cc1OCc1ccccc1. The van der Waals surface area contributed by atoms with E-state index in [0.29, 0.717) is 23.5 Å². The van der Waals surface area contributed by atoms with E-state index in [2.05, 4.69) is 10.5 Å². The minimum absolute atomic E-state index is 0.0730. The second kappa shape index (κ2) is 10.1. The van der Waals surface area contributed by atoms with Gasteiger partial charge in [-0.25, -0.2) is 0 Å². The van der Waals surface area contributed by atoms with Crippen LogP contribution in [0.15, 0.2) is 53.7 Å². The van der Waals surface area contributed by atoms with E-state index >= 15 is 0 Å². The molecule has 0 radical (unpaired) electrons. The molecule has 4 saturated carbocycles. The van der Waals surface area contributed by atoms with Crippen molar-refractivity contribution < 1.29 is 19.1 Å². The lowest BCUT2D eigenvalue weighted by molar-refractivity contribution is -0.127. The Kier molecular flexibility index (Phi) is 6.75. The van der Waals surface area contributed by atoms with Gasteiger partial charge >= 0.3 is 0 Å². The Bertz CT molecular complexity index is 985. The van der Waals surface area contributed by atoms with Gasteiger partial charge in [-0.2, -0.15) is 0 Å². The van der Waals surface area contributed by atoms with Gasteiger partial charge in [-0.05, 0) is 85.5 Å². The number of carbonyl (C=O) groups is 1. The van der Waals surface area contributed by atoms with Crippen LogP contribution in [-0.2, 0) is 16.2 Å². The molecule has 1 N–H and O–H groups in total. The molecule has 0 heterocycles. The zero-order chi connectivity index (χ0) is 23.4. The summed E-state index contributed by atoms with van der Waals surface area (Å²) in [6.07, 6.45) is 9.67. The summed E-state index contributed by atoms with van der Waals surface area (Å²) in [7, 11) is 1.61. The van der Waals surface area contributed by atoms with Crippen LogP contribution in [-0.4, -0.2) is 32.4 Å². The average Bonchev–Trinajstić information content (AvgIpc) is 2.84. The fourth-order valence-corrected chi connectivity index (χ4v) is 6.66. The summed E-state index contributed by atoms with van der Waals surface area (Å²) in [5, 5.41) is 7.11. The Morgan fingerprint density at radius 3 is 2.41 bits per heavy atom. The molecular weight excluding hydrogens is 428 g/mol. The van der Waals surface area contributed by atoms with Gasteiger partial charge in [0.05, 0.1) is 13.3 Å². The number of rotatable bonds is 10. The van der Waals surface area contributed by atoms with Gasteiger partial charge in [0.2, 0.25) is 0 Å². The molecule has 1 amide bonds. The molecule has 0 aromatic heterocycles. The molecular formula is C28H34N2O4. The third-order valence-corrected chi connectivity index (χ3v) is 7.72. The Morgan fingerprint density at radius 2 is 1.74 bits per heavy atom. The number of nitrogens with one attached hydrogen (secondary N) is 1. The van der Waals surface area contributed by atoms with Crippen molar-refractivity contribution in [2.75, 3.05) is 20.3 Å². The molecule has 0 spiro atoms. The highest BCUT2D eigenvalue weighted by molar-refractivity contribution is 5.81. The average molecular weight is 463 g/mol. The fourth-order valence-electron chi connectivity index (χ4n) is 6.66. The Morgan fingerprint density at radius 1 is 1.03 bits per heavy atom. The molecule has 2 aromatic rings. The Hall–Kier alpha value is -3.02. The van der Waals surface area contributed by atoms with Gasteiger partial charge in [-0.15, -0.1) is 0 Å². The summed E-state index contributed by atoms with van der Waals surface area (Å²) >= 11 is 0. The fraction of sp³-hybridized carbons (Fsp3) is 0.500. The molecule has 4 aliphatic rings. The minimum atomic E-state index is -0.102. The zero-order valence-corrected chi connectivity index (χ0v) is 19.9. The summed E-state index contributed by atoms with van der Waals surface area (Å²) in [5.74, 6) is 3.83. The first-order valence-corrected chi connectivity index (χ1v) is 12.4. The molecule has 0 unspecified atom stereocenters. The predicted molar refractivity (Wildman–Crippen MR) is 131 cm³/mol. The lowest BCUT2D eigenvalue weighted by Gasteiger charge is -2.56. The number of hydrogen-bond donors (Lipinski definition) is 1. The van der Waals surface area contributed by atoms with Crippen molar-refractivity contribution in [3.8, 4) is 11.5 Å². The van der Waals surface area contributed by atoms with Gasteiger partial charge in [0.25, 0.3) is 5.91 Å². The van der Waals surface area contributed by atoms with Crippen molar-refractivity contribution in [2.45, 2.75) is 45.1 Å². The van der Waals surface area contributed by atoms with E-state index in [9.17, 15) is 4.79 Å². The summed E-state index contributed by atoms with van der Waals surface area (Å²) in [6.45, 7) is 1.15. The molecule has 0 atom stereocenters. The van der Waals surface area contributed by atoms with Gasteiger partial charge in [-0.1, -0.05) is 35.5 Å². The highest BCUT2D eigenvalue weighted by atomic mass is 16.6. The van der Waals surface area contributed by atoms with E-state index in [-0.39, 0.29) is 12.5 Å². The first kappa shape index (κ1) is 22.8. The smallest absolute Gasteiger partial charge is 0.260 e. The van der Waals surface area contributed by atoms with Crippen LogP contribution in [0.1, 0.15) is 49.7 Å². The van der Waals surface area contributed by atoms with Crippen LogP contribution < -0.4 is 14.8 Å². The van der Waals surface area contributed by atoms with Crippen molar-refractivity contribution in [2.24, 2.45) is 28.3 Å². The van der Waals surface area contributed by atoms with E-state index < -0.39 is 0 Å². The third kappa shape index (κ3) is 5.37. The van der Waals surface area contributed by atoms with E-state index in [1.54, 1.807) is 13.3 Å². The maximum Gasteiger partial charge on any atom is 0.260 e. The Balaban J connectivity index is 1.09. The highest BCUT2D eigenvalue weighted by Crippen LogP contribution is 2.59. The van der Waals surface area contributed by atoms with Crippen LogP contribution in [0.5, 0.6) is 11.5 Å². The van der Waals surface area contributed by atoms with Gasteiger partial charge in [0, 0.05) is 12.1 Å². The largest absolute Gasteiger partial charge is 0.493 e. The van der Waals surface area contributed by atoms with Gasteiger partial charge in [-0.3, -0.25) is 4.79 Å². The zero-order valence-electron chi connectivity index (χ0n) is 19.9. The van der Waals surface area contributed by atoms with Crippen molar-refractivity contribution >= 4 is 12.1 Å². The maximum absolute atomic E-state index is 12.4. The van der Waals surface area contributed by atoms with E-state index in [4.69, 9.17) is 14.3 Å². The molecule has 0 saturated heterocycles. The summed E-state index contributed by atoms with van der Waals surface area (Å²) < 4.78 is 11.3. The molecule has 4 bridgehead atoms. The number of benzene rings is 2. The standard InChI is InChI=1S/C28H34N2O4/c1-32-25-8-7-21(12-26(25)33-17-20-5-3-2-4-6-20)16-30-34-18-27(31)29-19-28-13-22-9-23(14-28)11-24(10-22)15-28/h2-8,12,16,22-24H,9-11,13-15,17-19H2,1H3,(H,29,31)/b30-16+. The van der Waals surface area contributed by atoms with Crippen LogP contribution in [0.3, 0.4) is 0 Å². The van der Waals surface area contributed by atoms with Crippen LogP contribution >= 0.6 is 0 Å². The lowest BCUT2D eigenvalue weighted by atomic mass is 9.49. The number of hydrogen-bond acceptors (Lipinski definition) is 5. The van der Waals surface area contributed by atoms with Crippen LogP contribution in [0.2, 0.25) is 0 Å². The molecule has 6 nitrogen and oxygen atoms in total. The number of methoxy groups -OCH3 is 1. The van der Waals surface area contributed by atoms with E-state index in [1.807, 2.05) is 48.5 Å². The predicted octanol–water partition coefficient (Wildman–Crippen LogP) is 4.96. The molecule has 2 aromatic carbocycles. The second-order valence-corrected chi connectivity index (χ2v) is 10.4. The van der Waals surface area contributed by atoms with Gasteiger partial charge in [0.15, 0.2) is 18.1 Å². The first-order chi connectivity index (χ1) is 16.6. The molecule has 4 aliphatic carbocycles. The van der Waals surface area contributed by atoms with Crippen molar-refractivity contribution in [1.82, 2.24) is 5.32 Å². The van der Waals surface area contributed by atoms with E-state index in [1.165, 1.54) is 38.5 Å². The van der Waals surface area contributed by atoms with E-state index in [0.717, 1.165) is 35.4 Å². The lowest BCUT2D eigenvalue weighted by Crippen LogP contribution is -2.51. The van der Waals surface area contributed by atoms with Crippen LogP contribution in [0, 0.1) is 23.2 Å². The summed E-state index contributed by atoms with van der Waals surface area (Å²) in [4.78, 5) is 17.6. The molecule has 0 aliphatic heterocycles. The second-order valence-electron chi connectivity index (χ2n) is 10.4. The molecule has 180 valence electrons. The van der Waals surface area contributed by atoms with Crippen molar-refractivity contribution in [3.63, 3.8) is 0 Å². The molecule has 6 rings (SSSR count). The molecule has 6 heteroatoms. The quantitative estimate of drug-likeness (QED) is 0.400. The third-order valence-electron chi connectivity index (χ3n) is 7.72. The number of ether oxygens (including phenoxy) is 2. The number of carbonyl (C=O) groups excluding carboxylic acids is 1. The molecule has 34 heavy (non-hydrogen) atoms. The topological polar surface area (TPSA) is 69.2 Å². The minimum Gasteiger partial charge on any atom is -0.493 e. The van der Waals surface area contributed by atoms with Crippen molar-refractivity contribution in [1.29, 1.82) is 0 Å². The normalized spacial score (nSPS) is 27.0. The number of amides is 1. The van der Waals surface area contributed by atoms with Gasteiger partial charge < -0.3 is 19.6 Å². The Labute approximate surface area is 201 Å². The highest BCUT2D eigenvalue weighted by Gasteiger charge is 2.50. The summed E-state index contributed by atoms with van der Waals surface area (Å²) in [6, 6.07) is 15.5. The maximum atomic E-state index is 12.4. The first-order valence-electron chi connectivity index (χ1n) is 12.4.